The summed E-state index contributed by atoms with van der Waals surface area (Å²) in [4.78, 5) is 33.0. The number of carbonyl (C=O) groups excluding carboxylic acids is 1. The third kappa shape index (κ3) is 3.22. The number of aromatic nitrogens is 4. The number of benzene rings is 1. The fourth-order valence-electron chi connectivity index (χ4n) is 2.52. The third-order valence-electron chi connectivity index (χ3n) is 3.78. The van der Waals surface area contributed by atoms with E-state index in [0.717, 1.165) is 21.3 Å². The zero-order valence-corrected chi connectivity index (χ0v) is 14.3. The third-order valence-corrected chi connectivity index (χ3v) is 4.54. The Morgan fingerprint density at radius 2 is 1.96 bits per heavy atom. The molecule has 0 aliphatic heterocycles. The lowest BCUT2D eigenvalue weighted by molar-refractivity contribution is -0.117. The van der Waals surface area contributed by atoms with Crippen LogP contribution >= 0.6 is 11.3 Å². The van der Waals surface area contributed by atoms with Gasteiger partial charge in [0.1, 0.15) is 6.54 Å². The van der Waals surface area contributed by atoms with Crippen LogP contribution in [-0.4, -0.2) is 25.7 Å². The molecule has 1 amide bonds. The summed E-state index contributed by atoms with van der Waals surface area (Å²) in [6, 6.07) is 10.8. The van der Waals surface area contributed by atoms with Crippen LogP contribution < -0.4 is 10.9 Å². The van der Waals surface area contributed by atoms with Crippen LogP contribution in [0.3, 0.4) is 0 Å². The van der Waals surface area contributed by atoms with E-state index in [9.17, 15) is 9.59 Å². The molecule has 0 radical (unpaired) electrons. The van der Waals surface area contributed by atoms with Gasteiger partial charge in [-0.15, -0.1) is 11.3 Å². The first kappa shape index (κ1) is 16.1. The zero-order chi connectivity index (χ0) is 17.9. The average molecular weight is 363 g/mol. The molecule has 1 N–H and O–H groups in total. The van der Waals surface area contributed by atoms with Crippen LogP contribution in [0.4, 0.5) is 5.13 Å². The second-order valence-corrected chi connectivity index (χ2v) is 6.37. The van der Waals surface area contributed by atoms with E-state index in [1.54, 1.807) is 30.7 Å². The van der Waals surface area contributed by atoms with Crippen LogP contribution in [0.5, 0.6) is 0 Å². The number of nitrogens with zero attached hydrogens (tertiary/aromatic N) is 4. The van der Waals surface area contributed by atoms with Gasteiger partial charge in [-0.2, -0.15) is 5.10 Å². The van der Waals surface area contributed by atoms with E-state index in [0.29, 0.717) is 10.5 Å². The smallest absolute Gasteiger partial charge is 0.275 e. The number of pyridine rings is 1. The molecule has 0 unspecified atom stereocenters. The summed E-state index contributed by atoms with van der Waals surface area (Å²) in [5.41, 5.74) is 1.38. The van der Waals surface area contributed by atoms with Gasteiger partial charge in [-0.25, -0.2) is 9.67 Å². The van der Waals surface area contributed by atoms with Crippen LogP contribution in [0.1, 0.15) is 0 Å². The second kappa shape index (κ2) is 6.85. The fraction of sp³-hybridized carbons (Fsp3) is 0.0556. The van der Waals surface area contributed by atoms with Gasteiger partial charge >= 0.3 is 0 Å². The fourth-order valence-corrected chi connectivity index (χ4v) is 3.26. The maximum absolute atomic E-state index is 12.4. The van der Waals surface area contributed by atoms with Gasteiger partial charge in [-0.3, -0.25) is 14.6 Å². The first-order valence-corrected chi connectivity index (χ1v) is 8.69. The minimum atomic E-state index is -0.356. The molecule has 3 heterocycles. The van der Waals surface area contributed by atoms with E-state index in [-0.39, 0.29) is 18.0 Å². The summed E-state index contributed by atoms with van der Waals surface area (Å²) < 4.78 is 1.15. The van der Waals surface area contributed by atoms with Crippen molar-refractivity contribution in [1.82, 2.24) is 19.7 Å². The first-order chi connectivity index (χ1) is 12.7. The van der Waals surface area contributed by atoms with Gasteiger partial charge in [0.2, 0.25) is 5.91 Å². The van der Waals surface area contributed by atoms with Gasteiger partial charge in [-0.05, 0) is 18.2 Å². The highest BCUT2D eigenvalue weighted by Gasteiger charge is 2.11. The molecule has 0 saturated carbocycles. The molecule has 7 nitrogen and oxygen atoms in total. The van der Waals surface area contributed by atoms with Gasteiger partial charge in [0.25, 0.3) is 5.56 Å². The normalized spacial score (nSPS) is 10.8. The quantitative estimate of drug-likeness (QED) is 0.602. The van der Waals surface area contributed by atoms with Crippen molar-refractivity contribution in [1.29, 1.82) is 0 Å². The molecule has 0 atom stereocenters. The number of amides is 1. The van der Waals surface area contributed by atoms with Gasteiger partial charge in [0.05, 0.1) is 17.3 Å². The second-order valence-electron chi connectivity index (χ2n) is 5.52. The van der Waals surface area contributed by atoms with Crippen LogP contribution in [-0.2, 0) is 11.3 Å². The molecule has 128 valence electrons. The van der Waals surface area contributed by atoms with Crippen molar-refractivity contribution in [2.45, 2.75) is 6.54 Å². The Morgan fingerprint density at radius 1 is 1.15 bits per heavy atom. The lowest BCUT2D eigenvalue weighted by Gasteiger charge is -2.05. The van der Waals surface area contributed by atoms with E-state index in [2.05, 4.69) is 20.4 Å². The number of fused-ring (bicyclic) bond motifs is 1. The topological polar surface area (TPSA) is 89.8 Å². The Balaban J connectivity index is 1.51. The van der Waals surface area contributed by atoms with Crippen molar-refractivity contribution < 1.29 is 4.79 Å². The highest BCUT2D eigenvalue weighted by atomic mass is 32.1. The Morgan fingerprint density at radius 3 is 2.81 bits per heavy atom. The molecule has 0 spiro atoms. The maximum Gasteiger partial charge on any atom is 0.275 e. The Hall–Kier alpha value is -3.39. The van der Waals surface area contributed by atoms with Crippen molar-refractivity contribution in [3.8, 4) is 11.3 Å². The Bertz CT molecular complexity index is 1140. The average Bonchev–Trinajstić information content (AvgIpc) is 3.13. The molecular formula is C18H13N5O2S. The predicted molar refractivity (Wildman–Crippen MR) is 100.0 cm³/mol. The van der Waals surface area contributed by atoms with Crippen LogP contribution in [0.2, 0.25) is 0 Å². The molecular weight excluding hydrogens is 350 g/mol. The van der Waals surface area contributed by atoms with E-state index in [1.165, 1.54) is 11.3 Å². The molecule has 0 bridgehead atoms. The van der Waals surface area contributed by atoms with Gasteiger partial charge in [-0.1, -0.05) is 18.2 Å². The minimum absolute atomic E-state index is 0.173. The van der Waals surface area contributed by atoms with E-state index in [4.69, 9.17) is 0 Å². The zero-order valence-electron chi connectivity index (χ0n) is 13.5. The Labute approximate surface area is 152 Å². The lowest BCUT2D eigenvalue weighted by Crippen LogP contribution is -2.29. The summed E-state index contributed by atoms with van der Waals surface area (Å²) in [6.07, 6.45) is 4.95. The minimum Gasteiger partial charge on any atom is -0.300 e. The highest BCUT2D eigenvalue weighted by Crippen LogP contribution is 2.24. The van der Waals surface area contributed by atoms with Crippen molar-refractivity contribution >= 4 is 33.1 Å². The molecule has 8 heteroatoms. The molecule has 1 aromatic carbocycles. The SMILES string of the molecule is O=C(Cn1ncc2ccccc2c1=O)Nc1nc(-c2ccncc2)cs1. The number of carbonyl (C=O) groups is 1. The number of thiazole rings is 1. The van der Waals surface area contributed by atoms with E-state index < -0.39 is 0 Å². The van der Waals surface area contributed by atoms with E-state index in [1.807, 2.05) is 29.6 Å². The molecule has 0 aliphatic carbocycles. The van der Waals surface area contributed by atoms with Crippen molar-refractivity contribution in [2.75, 3.05) is 5.32 Å². The molecule has 0 aliphatic rings. The van der Waals surface area contributed by atoms with Crippen LogP contribution in [0.15, 0.2) is 65.2 Å². The maximum atomic E-state index is 12.4. The Kier molecular flexibility index (Phi) is 4.24. The largest absolute Gasteiger partial charge is 0.300 e. The lowest BCUT2D eigenvalue weighted by atomic mass is 10.2. The number of anilines is 1. The molecule has 4 aromatic rings. The molecule has 0 saturated heterocycles. The predicted octanol–water partition coefficient (Wildman–Crippen LogP) is 2.55. The van der Waals surface area contributed by atoms with Gasteiger partial charge in [0, 0.05) is 28.7 Å². The molecule has 0 fully saturated rings. The van der Waals surface area contributed by atoms with Crippen molar-refractivity contribution in [3.63, 3.8) is 0 Å². The van der Waals surface area contributed by atoms with Gasteiger partial charge < -0.3 is 5.32 Å². The van der Waals surface area contributed by atoms with Crippen LogP contribution in [0, 0.1) is 0 Å². The van der Waals surface area contributed by atoms with Crippen LogP contribution in [0.25, 0.3) is 22.0 Å². The molecule has 26 heavy (non-hydrogen) atoms. The number of hydrogen-bond acceptors (Lipinski definition) is 6. The summed E-state index contributed by atoms with van der Waals surface area (Å²) in [5.74, 6) is -0.356. The standard InChI is InChI=1S/C18H13N5O2S/c24-16(10-23-17(25)14-4-2-1-3-13(14)9-20-23)22-18-21-15(11-26-18)12-5-7-19-8-6-12/h1-9,11H,10H2,(H,21,22,24). The summed E-state index contributed by atoms with van der Waals surface area (Å²) in [6.45, 7) is -0.173. The monoisotopic (exact) mass is 363 g/mol. The summed E-state index contributed by atoms with van der Waals surface area (Å²) in [5, 5.41) is 10.4. The first-order valence-electron chi connectivity index (χ1n) is 7.81. The molecule has 3 aromatic heterocycles. The highest BCUT2D eigenvalue weighted by molar-refractivity contribution is 7.14. The molecule has 4 rings (SSSR count). The van der Waals surface area contributed by atoms with Gasteiger partial charge in [0.15, 0.2) is 5.13 Å². The van der Waals surface area contributed by atoms with E-state index >= 15 is 0 Å². The number of hydrogen-bond donors (Lipinski definition) is 1. The number of rotatable bonds is 4. The summed E-state index contributed by atoms with van der Waals surface area (Å²) >= 11 is 1.32. The number of nitrogens with one attached hydrogen (secondary N) is 1. The van der Waals surface area contributed by atoms with Crippen molar-refractivity contribution in [3.05, 3.63) is 70.7 Å². The van der Waals surface area contributed by atoms with Crippen molar-refractivity contribution in [2.24, 2.45) is 0 Å². The summed E-state index contributed by atoms with van der Waals surface area (Å²) in [7, 11) is 0.